The quantitative estimate of drug-likeness (QED) is 0.694. The number of phenolic OH excluding ortho intramolecular Hbond substituents is 1. The molecule has 0 saturated heterocycles. The highest BCUT2D eigenvalue weighted by Crippen LogP contribution is 2.17. The van der Waals surface area contributed by atoms with Crippen LogP contribution in [-0.2, 0) is 0 Å². The molecule has 0 bridgehead atoms. The van der Waals surface area contributed by atoms with E-state index in [1.165, 1.54) is 12.1 Å². The molecule has 0 aliphatic rings. The molecule has 3 nitrogen and oxygen atoms in total. The summed E-state index contributed by atoms with van der Waals surface area (Å²) < 4.78 is 20.7. The molecule has 0 fully saturated rings. The van der Waals surface area contributed by atoms with Crippen molar-refractivity contribution in [3.8, 4) is 5.75 Å². The van der Waals surface area contributed by atoms with Crippen LogP contribution in [0.25, 0.3) is 0 Å². The average molecular weight is 207 g/mol. The number of rotatable bonds is 3. The van der Waals surface area contributed by atoms with Crippen LogP contribution in [0, 0.1) is 0 Å². The zero-order valence-electron chi connectivity index (χ0n) is 9.90. The van der Waals surface area contributed by atoms with E-state index in [-0.39, 0.29) is 24.7 Å². The zero-order chi connectivity index (χ0) is 11.5. The molecular weight excluding hydrogens is 190 g/mol. The molecule has 0 aliphatic heterocycles. The minimum absolute atomic E-state index is 0. The first-order valence-electron chi connectivity index (χ1n) is 5.10. The molecule has 0 radical (unpaired) electrons. The van der Waals surface area contributed by atoms with Crippen LogP contribution in [0.1, 0.15) is 15.8 Å². The van der Waals surface area contributed by atoms with Gasteiger partial charge >= 0.3 is 0 Å². The fourth-order valence-corrected chi connectivity index (χ4v) is 0.947. The van der Waals surface area contributed by atoms with Crippen molar-refractivity contribution in [3.63, 3.8) is 0 Å². The number of benzene rings is 1. The van der Waals surface area contributed by atoms with Gasteiger partial charge < -0.3 is 15.5 Å². The van der Waals surface area contributed by atoms with Crippen LogP contribution in [0.15, 0.2) is 24.3 Å². The Hall–Kier alpha value is -0.770. The van der Waals surface area contributed by atoms with Crippen LogP contribution in [0.2, 0.25) is 0 Å². The van der Waals surface area contributed by atoms with Gasteiger partial charge in [-0.05, 0) is 24.7 Å². The van der Waals surface area contributed by atoms with Crippen molar-refractivity contribution >= 4 is 12.4 Å². The summed E-state index contributed by atoms with van der Waals surface area (Å²) in [7, 11) is 0. The lowest BCUT2D eigenvalue weighted by atomic mass is 10.1. The zero-order valence-corrected chi connectivity index (χ0v) is 7.71. The van der Waals surface area contributed by atoms with Crippen LogP contribution in [-0.4, -0.2) is 23.7 Å². The summed E-state index contributed by atoms with van der Waals surface area (Å²) in [4.78, 5) is 0. The second-order valence-electron chi connectivity index (χ2n) is 2.49. The Bertz CT molecular complexity index is 333. The Balaban J connectivity index is 0.00000225. The highest BCUT2D eigenvalue weighted by Gasteiger charge is 2.05. The summed E-state index contributed by atoms with van der Waals surface area (Å²) in [5.41, 5.74) is 0.478. The van der Waals surface area contributed by atoms with Gasteiger partial charge in [-0.1, -0.05) is 12.1 Å². The Morgan fingerprint density at radius 2 is 2.38 bits per heavy atom. The van der Waals surface area contributed by atoms with E-state index in [0.29, 0.717) is 5.56 Å². The average Bonchev–Trinajstić information content (AvgIpc) is 2.13. The highest BCUT2D eigenvalue weighted by molar-refractivity contribution is 5.85. The lowest BCUT2D eigenvalue weighted by Gasteiger charge is -2.09. The maximum absolute atomic E-state index is 9.58. The largest absolute Gasteiger partial charge is 0.508 e. The Kier molecular flexibility index (Phi) is 3.40. The Morgan fingerprint density at radius 3 is 3.00 bits per heavy atom. The lowest BCUT2D eigenvalue weighted by molar-refractivity contribution is 0.177. The fraction of sp³-hybridized carbons (Fsp3) is 0.333. The van der Waals surface area contributed by atoms with Crippen LogP contribution in [0.4, 0.5) is 0 Å². The normalized spacial score (nSPS) is 16.2. The third-order valence-electron chi connectivity index (χ3n) is 1.55. The number of aromatic hydroxyl groups is 1. The smallest absolute Gasteiger partial charge is 0.115 e. The molecule has 1 aromatic rings. The van der Waals surface area contributed by atoms with Gasteiger partial charge in [0.1, 0.15) is 5.75 Å². The van der Waals surface area contributed by atoms with Crippen molar-refractivity contribution in [2.75, 3.05) is 13.5 Å². The molecule has 1 aromatic carbocycles. The predicted octanol–water partition coefficient (Wildman–Crippen LogP) is 1.07. The maximum Gasteiger partial charge on any atom is 0.115 e. The molecule has 0 aliphatic carbocycles. The molecule has 0 amide bonds. The minimum Gasteiger partial charge on any atom is -0.508 e. The fourth-order valence-electron chi connectivity index (χ4n) is 0.947. The SMILES string of the molecule is Cl.[2H]C([2H])([2H])NC[C@H](O)c1cccc(O)c1. The summed E-state index contributed by atoms with van der Waals surface area (Å²) in [5, 5.41) is 20.9. The van der Waals surface area contributed by atoms with E-state index in [4.69, 9.17) is 9.22 Å². The first kappa shape index (κ1) is 7.62. The summed E-state index contributed by atoms with van der Waals surface area (Å²) in [6, 6.07) is 6.08. The maximum atomic E-state index is 9.58. The monoisotopic (exact) mass is 206 g/mol. The van der Waals surface area contributed by atoms with E-state index in [1.54, 1.807) is 12.1 Å². The molecule has 0 saturated carbocycles. The Labute approximate surface area is 88.0 Å². The first-order chi connectivity index (χ1) is 6.88. The lowest BCUT2D eigenvalue weighted by Crippen LogP contribution is -2.16. The van der Waals surface area contributed by atoms with E-state index in [9.17, 15) is 5.11 Å². The topological polar surface area (TPSA) is 52.5 Å². The van der Waals surface area contributed by atoms with Crippen molar-refractivity contribution in [2.24, 2.45) is 0 Å². The molecule has 3 N–H and O–H groups in total. The number of halogens is 1. The second kappa shape index (κ2) is 5.80. The highest BCUT2D eigenvalue weighted by atomic mass is 35.5. The van der Waals surface area contributed by atoms with E-state index >= 15 is 0 Å². The molecule has 0 spiro atoms. The van der Waals surface area contributed by atoms with Gasteiger partial charge in [0, 0.05) is 10.7 Å². The van der Waals surface area contributed by atoms with Gasteiger partial charge in [-0.3, -0.25) is 0 Å². The Morgan fingerprint density at radius 1 is 1.62 bits per heavy atom. The number of likely N-dealkylation sites (N-methyl/N-ethyl adjacent to an activating group) is 1. The van der Waals surface area contributed by atoms with Gasteiger partial charge in [-0.25, -0.2) is 0 Å². The van der Waals surface area contributed by atoms with Gasteiger partial charge in [-0.2, -0.15) is 0 Å². The van der Waals surface area contributed by atoms with Gasteiger partial charge in [0.05, 0.1) is 6.10 Å². The van der Waals surface area contributed by atoms with Gasteiger partial charge in [0.2, 0.25) is 0 Å². The van der Waals surface area contributed by atoms with Crippen molar-refractivity contribution < 1.29 is 14.3 Å². The number of aliphatic hydroxyl groups is 1. The molecule has 13 heavy (non-hydrogen) atoms. The summed E-state index contributed by atoms with van der Waals surface area (Å²) >= 11 is 0. The predicted molar refractivity (Wildman–Crippen MR) is 54.2 cm³/mol. The number of aliphatic hydroxyl groups excluding tert-OH is 1. The third-order valence-corrected chi connectivity index (χ3v) is 1.55. The van der Waals surface area contributed by atoms with Crippen molar-refractivity contribution in [3.05, 3.63) is 29.8 Å². The van der Waals surface area contributed by atoms with Gasteiger partial charge in [0.15, 0.2) is 0 Å². The van der Waals surface area contributed by atoms with Crippen LogP contribution in [0.3, 0.4) is 0 Å². The summed E-state index contributed by atoms with van der Waals surface area (Å²) in [6.45, 7) is -2.35. The molecule has 0 unspecified atom stereocenters. The second-order valence-corrected chi connectivity index (χ2v) is 2.49. The number of hydrogen-bond acceptors (Lipinski definition) is 3. The van der Waals surface area contributed by atoms with Crippen LogP contribution >= 0.6 is 12.4 Å². The molecule has 4 heteroatoms. The van der Waals surface area contributed by atoms with E-state index in [0.717, 1.165) is 0 Å². The van der Waals surface area contributed by atoms with E-state index < -0.39 is 13.1 Å². The van der Waals surface area contributed by atoms with Crippen LogP contribution < -0.4 is 5.32 Å². The standard InChI is InChI=1S/C9H13NO2.ClH/c1-10-6-9(12)7-3-2-4-8(11)5-7;/h2-5,9-12H,6H2,1H3;1H/t9-;/m0./s1/i1D3;. The summed E-state index contributed by atoms with van der Waals surface area (Å²) in [5.74, 6) is 0.0421. The first-order valence-corrected chi connectivity index (χ1v) is 3.60. The minimum atomic E-state index is -2.27. The number of nitrogens with one attached hydrogen (secondary N) is 1. The van der Waals surface area contributed by atoms with Crippen LogP contribution in [0.5, 0.6) is 5.75 Å². The van der Waals surface area contributed by atoms with Gasteiger partial charge in [-0.15, -0.1) is 12.4 Å². The van der Waals surface area contributed by atoms with Crippen molar-refractivity contribution in [1.29, 1.82) is 0 Å². The number of phenols is 1. The molecular formula is C9H14ClNO2. The molecule has 0 heterocycles. The van der Waals surface area contributed by atoms with E-state index in [2.05, 4.69) is 5.32 Å². The van der Waals surface area contributed by atoms with Crippen molar-refractivity contribution in [1.82, 2.24) is 5.32 Å². The molecule has 1 atom stereocenters. The summed E-state index contributed by atoms with van der Waals surface area (Å²) in [6.07, 6.45) is -0.947. The molecule has 0 aromatic heterocycles. The third kappa shape index (κ3) is 3.63. The van der Waals surface area contributed by atoms with E-state index in [1.807, 2.05) is 0 Å². The van der Waals surface area contributed by atoms with Crippen molar-refractivity contribution in [2.45, 2.75) is 6.10 Å². The van der Waals surface area contributed by atoms with Gasteiger partial charge in [0.25, 0.3) is 0 Å². The number of hydrogen-bond donors (Lipinski definition) is 3. The molecule has 1 rings (SSSR count). The molecule has 74 valence electrons.